The van der Waals surface area contributed by atoms with Gasteiger partial charge in [-0.25, -0.2) is 0 Å². The van der Waals surface area contributed by atoms with Crippen LogP contribution in [0.2, 0.25) is 0 Å². The summed E-state index contributed by atoms with van der Waals surface area (Å²) in [6.45, 7) is 3.11. The first-order chi connectivity index (χ1) is 10.3. The SMILES string of the molecule is CCCCCCCCCCCCCCCNC(=O)CCS. The van der Waals surface area contributed by atoms with Gasteiger partial charge in [0.25, 0.3) is 0 Å². The quantitative estimate of drug-likeness (QED) is 0.285. The van der Waals surface area contributed by atoms with Crippen molar-refractivity contribution >= 4 is 18.5 Å². The largest absolute Gasteiger partial charge is 0.356 e. The highest BCUT2D eigenvalue weighted by molar-refractivity contribution is 7.80. The van der Waals surface area contributed by atoms with E-state index in [-0.39, 0.29) is 5.91 Å². The number of carbonyl (C=O) groups excluding carboxylic acids is 1. The predicted octanol–water partition coefficient (Wildman–Crippen LogP) is 5.51. The molecule has 1 N–H and O–H groups in total. The van der Waals surface area contributed by atoms with Crippen LogP contribution in [-0.4, -0.2) is 18.2 Å². The van der Waals surface area contributed by atoms with Gasteiger partial charge in [-0.3, -0.25) is 4.79 Å². The molecule has 2 nitrogen and oxygen atoms in total. The van der Waals surface area contributed by atoms with Crippen molar-refractivity contribution in [3.05, 3.63) is 0 Å². The molecular formula is C18H37NOS. The van der Waals surface area contributed by atoms with Crippen molar-refractivity contribution in [1.82, 2.24) is 5.32 Å². The Bertz CT molecular complexity index is 221. The molecule has 0 rings (SSSR count). The second-order valence-corrected chi connectivity index (χ2v) is 6.51. The van der Waals surface area contributed by atoms with Crippen molar-refractivity contribution in [3.8, 4) is 0 Å². The molecule has 0 bridgehead atoms. The van der Waals surface area contributed by atoms with Crippen molar-refractivity contribution in [2.75, 3.05) is 12.3 Å². The Balaban J connectivity index is 3.01. The minimum atomic E-state index is 0.143. The fourth-order valence-electron chi connectivity index (χ4n) is 2.56. The Morgan fingerprint density at radius 1 is 0.762 bits per heavy atom. The van der Waals surface area contributed by atoms with E-state index in [4.69, 9.17) is 0 Å². The van der Waals surface area contributed by atoms with Gasteiger partial charge in [0, 0.05) is 13.0 Å². The number of unbranched alkanes of at least 4 members (excludes halogenated alkanes) is 12. The summed E-state index contributed by atoms with van der Waals surface area (Å²) in [5.41, 5.74) is 0. The lowest BCUT2D eigenvalue weighted by atomic mass is 10.0. The minimum Gasteiger partial charge on any atom is -0.356 e. The zero-order valence-electron chi connectivity index (χ0n) is 14.2. The fraction of sp³-hybridized carbons (Fsp3) is 0.944. The molecule has 0 atom stereocenters. The van der Waals surface area contributed by atoms with Crippen LogP contribution in [0.1, 0.15) is 96.8 Å². The lowest BCUT2D eigenvalue weighted by molar-refractivity contribution is -0.120. The molecule has 1 amide bonds. The van der Waals surface area contributed by atoms with E-state index >= 15 is 0 Å². The molecule has 0 radical (unpaired) electrons. The highest BCUT2D eigenvalue weighted by Crippen LogP contribution is 2.12. The Kier molecular flexibility index (Phi) is 17.7. The molecule has 0 aromatic heterocycles. The first-order valence-electron chi connectivity index (χ1n) is 9.18. The molecule has 0 fully saturated rings. The average Bonchev–Trinajstić information content (AvgIpc) is 2.48. The molecule has 0 aromatic rings. The third kappa shape index (κ3) is 17.8. The molecule has 0 spiro atoms. The summed E-state index contributed by atoms with van der Waals surface area (Å²) in [6.07, 6.45) is 18.3. The molecule has 21 heavy (non-hydrogen) atoms. The van der Waals surface area contributed by atoms with Crippen LogP contribution in [0.5, 0.6) is 0 Å². The van der Waals surface area contributed by atoms with Gasteiger partial charge in [0.05, 0.1) is 0 Å². The van der Waals surface area contributed by atoms with E-state index in [0.717, 1.165) is 13.0 Å². The van der Waals surface area contributed by atoms with Crippen molar-refractivity contribution in [2.24, 2.45) is 0 Å². The smallest absolute Gasteiger partial charge is 0.220 e. The summed E-state index contributed by atoms with van der Waals surface area (Å²) >= 11 is 4.05. The number of rotatable bonds is 16. The van der Waals surface area contributed by atoms with Gasteiger partial charge in [-0.1, -0.05) is 84.0 Å². The summed E-state index contributed by atoms with van der Waals surface area (Å²) < 4.78 is 0. The number of nitrogens with one attached hydrogen (secondary N) is 1. The molecule has 0 aliphatic heterocycles. The zero-order valence-corrected chi connectivity index (χ0v) is 15.1. The fourth-order valence-corrected chi connectivity index (χ4v) is 2.76. The van der Waals surface area contributed by atoms with Gasteiger partial charge in [-0.05, 0) is 12.2 Å². The number of thiol groups is 1. The number of hydrogen-bond donors (Lipinski definition) is 2. The summed E-state index contributed by atoms with van der Waals surface area (Å²) in [6, 6.07) is 0. The molecule has 3 heteroatoms. The molecule has 0 heterocycles. The lowest BCUT2D eigenvalue weighted by Crippen LogP contribution is -2.24. The van der Waals surface area contributed by atoms with Gasteiger partial charge in [0.2, 0.25) is 5.91 Å². The maximum absolute atomic E-state index is 11.2. The molecule has 0 aliphatic rings. The molecule has 0 saturated carbocycles. The van der Waals surface area contributed by atoms with Crippen LogP contribution in [0.25, 0.3) is 0 Å². The van der Waals surface area contributed by atoms with Crippen LogP contribution < -0.4 is 5.32 Å². The standard InChI is InChI=1S/C18H37NOS/c1-2-3-4-5-6-7-8-9-10-11-12-13-14-16-19-18(20)15-17-21/h21H,2-17H2,1H3,(H,19,20). The Hall–Kier alpha value is -0.180. The Morgan fingerprint density at radius 2 is 1.19 bits per heavy atom. The molecular weight excluding hydrogens is 278 g/mol. The summed E-state index contributed by atoms with van der Waals surface area (Å²) in [4.78, 5) is 11.2. The van der Waals surface area contributed by atoms with E-state index < -0.39 is 0 Å². The van der Waals surface area contributed by atoms with Crippen molar-refractivity contribution in [1.29, 1.82) is 0 Å². The lowest BCUT2D eigenvalue weighted by Gasteiger charge is -2.04. The first kappa shape index (κ1) is 20.8. The van der Waals surface area contributed by atoms with Crippen LogP contribution in [0, 0.1) is 0 Å². The molecule has 0 aliphatic carbocycles. The Labute approximate surface area is 138 Å². The van der Waals surface area contributed by atoms with Gasteiger partial charge in [0.15, 0.2) is 0 Å². The van der Waals surface area contributed by atoms with Gasteiger partial charge in [-0.15, -0.1) is 0 Å². The zero-order chi connectivity index (χ0) is 15.6. The van der Waals surface area contributed by atoms with Crippen LogP contribution in [0.3, 0.4) is 0 Å². The maximum Gasteiger partial charge on any atom is 0.220 e. The number of hydrogen-bond acceptors (Lipinski definition) is 2. The van der Waals surface area contributed by atoms with E-state index in [0.29, 0.717) is 12.2 Å². The van der Waals surface area contributed by atoms with Crippen LogP contribution in [-0.2, 0) is 4.79 Å². The average molecular weight is 316 g/mol. The Morgan fingerprint density at radius 3 is 1.62 bits per heavy atom. The van der Waals surface area contributed by atoms with Crippen LogP contribution in [0.15, 0.2) is 0 Å². The van der Waals surface area contributed by atoms with Gasteiger partial charge < -0.3 is 5.32 Å². The van der Waals surface area contributed by atoms with Crippen molar-refractivity contribution in [3.63, 3.8) is 0 Å². The van der Waals surface area contributed by atoms with Gasteiger partial charge in [0.1, 0.15) is 0 Å². The van der Waals surface area contributed by atoms with E-state index in [1.165, 1.54) is 77.0 Å². The summed E-state index contributed by atoms with van der Waals surface area (Å²) in [5.74, 6) is 0.786. The molecule has 0 aromatic carbocycles. The predicted molar refractivity (Wildman–Crippen MR) is 97.2 cm³/mol. The molecule has 126 valence electrons. The van der Waals surface area contributed by atoms with Gasteiger partial charge in [-0.2, -0.15) is 12.6 Å². The van der Waals surface area contributed by atoms with Crippen LogP contribution in [0.4, 0.5) is 0 Å². The topological polar surface area (TPSA) is 29.1 Å². The van der Waals surface area contributed by atoms with E-state index in [2.05, 4.69) is 24.9 Å². The maximum atomic E-state index is 11.2. The normalized spacial score (nSPS) is 10.8. The van der Waals surface area contributed by atoms with Crippen molar-refractivity contribution < 1.29 is 4.79 Å². The number of amides is 1. The highest BCUT2D eigenvalue weighted by atomic mass is 32.1. The van der Waals surface area contributed by atoms with Gasteiger partial charge >= 0.3 is 0 Å². The minimum absolute atomic E-state index is 0.143. The third-order valence-electron chi connectivity index (χ3n) is 3.94. The highest BCUT2D eigenvalue weighted by Gasteiger charge is 1.98. The first-order valence-corrected chi connectivity index (χ1v) is 9.82. The van der Waals surface area contributed by atoms with Crippen molar-refractivity contribution in [2.45, 2.75) is 96.8 Å². The molecule has 0 saturated heterocycles. The van der Waals surface area contributed by atoms with Crippen LogP contribution >= 0.6 is 12.6 Å². The number of carbonyl (C=O) groups is 1. The summed E-state index contributed by atoms with van der Waals surface area (Å²) in [5, 5.41) is 2.94. The second kappa shape index (κ2) is 17.9. The second-order valence-electron chi connectivity index (χ2n) is 6.07. The van der Waals surface area contributed by atoms with E-state index in [1.807, 2.05) is 0 Å². The molecule has 0 unspecified atom stereocenters. The third-order valence-corrected chi connectivity index (χ3v) is 4.16. The summed E-state index contributed by atoms with van der Waals surface area (Å²) in [7, 11) is 0. The monoisotopic (exact) mass is 315 g/mol. The van der Waals surface area contributed by atoms with E-state index in [9.17, 15) is 4.79 Å². The van der Waals surface area contributed by atoms with E-state index in [1.54, 1.807) is 0 Å².